The van der Waals surface area contributed by atoms with Crippen molar-refractivity contribution >= 4 is 17.4 Å². The number of nitrogens with one attached hydrogen (secondary N) is 1. The van der Waals surface area contributed by atoms with E-state index in [2.05, 4.69) is 9.72 Å². The van der Waals surface area contributed by atoms with E-state index in [1.807, 2.05) is 0 Å². The molecule has 1 aromatic carbocycles. The van der Waals surface area contributed by atoms with Crippen molar-refractivity contribution in [1.29, 1.82) is 0 Å². The van der Waals surface area contributed by atoms with Crippen LogP contribution < -0.4 is 5.54 Å². The van der Waals surface area contributed by atoms with Gasteiger partial charge in [-0.05, 0) is 30.3 Å². The number of carbonyl (C=O) groups is 2. The van der Waals surface area contributed by atoms with Gasteiger partial charge in [-0.3, -0.25) is 9.78 Å². The van der Waals surface area contributed by atoms with Crippen molar-refractivity contribution in [2.45, 2.75) is 0 Å². The van der Waals surface area contributed by atoms with Crippen molar-refractivity contribution in [2.75, 3.05) is 12.6 Å². The maximum Gasteiger partial charge on any atom is 0.338 e. The van der Waals surface area contributed by atoms with Crippen LogP contribution in [0.1, 0.15) is 26.3 Å². The average molecular weight is 274 g/mol. The summed E-state index contributed by atoms with van der Waals surface area (Å²) in [4.78, 5) is 27.8. The molecule has 6 heteroatoms. The molecule has 1 aromatic heterocycles. The zero-order valence-corrected chi connectivity index (χ0v) is 10.6. The molecule has 0 fully saturated rings. The molecule has 0 aliphatic rings. The van der Waals surface area contributed by atoms with Crippen LogP contribution in [0.5, 0.6) is 0 Å². The second-order valence-corrected chi connectivity index (χ2v) is 3.91. The molecule has 5 nitrogen and oxygen atoms in total. The number of ketones is 1. The number of benzene rings is 1. The Morgan fingerprint density at radius 3 is 2.45 bits per heavy atom. The number of halogens is 1. The molecule has 0 atom stereocenters. The molecule has 0 unspecified atom stereocenters. The minimum Gasteiger partial charge on any atom is -0.465 e. The maximum absolute atomic E-state index is 12.3. The molecule has 2 rings (SSSR count). The van der Waals surface area contributed by atoms with Gasteiger partial charge in [0.1, 0.15) is 0 Å². The van der Waals surface area contributed by atoms with E-state index in [0.717, 1.165) is 0 Å². The van der Waals surface area contributed by atoms with Crippen molar-refractivity contribution in [3.05, 3.63) is 59.4 Å². The largest absolute Gasteiger partial charge is 0.465 e. The molecule has 2 aromatic rings. The number of methoxy groups -OCH3 is 1. The standard InChI is InChI=1S/C14H11FN2O3/c1-20-14(19)11-6-7-16-8-12(11)13(18)9-2-4-10(17-15)5-3-9/h2-8,17H,1H3. The Labute approximate surface area is 114 Å². The predicted octanol–water partition coefficient (Wildman–Crippen LogP) is 2.40. The molecule has 0 spiro atoms. The van der Waals surface area contributed by atoms with Crippen LogP contribution >= 0.6 is 0 Å². The van der Waals surface area contributed by atoms with Crippen LogP contribution in [-0.2, 0) is 4.74 Å². The zero-order valence-electron chi connectivity index (χ0n) is 10.6. The Morgan fingerprint density at radius 1 is 1.15 bits per heavy atom. The maximum atomic E-state index is 12.3. The highest BCUT2D eigenvalue weighted by molar-refractivity contribution is 6.14. The summed E-state index contributed by atoms with van der Waals surface area (Å²) in [5, 5.41) is 0. The molecule has 0 aliphatic carbocycles. The van der Waals surface area contributed by atoms with E-state index in [-0.39, 0.29) is 22.6 Å². The van der Waals surface area contributed by atoms with E-state index in [4.69, 9.17) is 0 Å². The van der Waals surface area contributed by atoms with E-state index in [9.17, 15) is 14.1 Å². The highest BCUT2D eigenvalue weighted by atomic mass is 19.2. The number of ether oxygens (including phenoxy) is 1. The lowest BCUT2D eigenvalue weighted by atomic mass is 10.0. The number of hydrogen-bond donors (Lipinski definition) is 1. The fourth-order valence-corrected chi connectivity index (χ4v) is 1.70. The molecule has 0 amide bonds. The fourth-order valence-electron chi connectivity index (χ4n) is 1.70. The average Bonchev–Trinajstić information content (AvgIpc) is 2.53. The van der Waals surface area contributed by atoms with Gasteiger partial charge in [-0.1, -0.05) is 0 Å². The molecule has 0 bridgehead atoms. The minimum absolute atomic E-state index is 0.139. The lowest BCUT2D eigenvalue weighted by molar-refractivity contribution is 0.0597. The van der Waals surface area contributed by atoms with E-state index in [1.54, 1.807) is 0 Å². The topological polar surface area (TPSA) is 68.3 Å². The van der Waals surface area contributed by atoms with Gasteiger partial charge in [0.25, 0.3) is 0 Å². The number of aromatic nitrogens is 1. The summed E-state index contributed by atoms with van der Waals surface area (Å²) in [6.45, 7) is 0. The van der Waals surface area contributed by atoms with Gasteiger partial charge in [-0.25, -0.2) is 10.3 Å². The third kappa shape index (κ3) is 2.64. The van der Waals surface area contributed by atoms with Crippen LogP contribution in [0.15, 0.2) is 42.7 Å². The molecular weight excluding hydrogens is 263 g/mol. The summed E-state index contributed by atoms with van der Waals surface area (Å²) in [6, 6.07) is 7.16. The summed E-state index contributed by atoms with van der Waals surface area (Å²) >= 11 is 0. The monoisotopic (exact) mass is 274 g/mol. The number of anilines is 1. The van der Waals surface area contributed by atoms with Crippen LogP contribution in [0.4, 0.5) is 10.2 Å². The van der Waals surface area contributed by atoms with Crippen molar-refractivity contribution in [2.24, 2.45) is 0 Å². The van der Waals surface area contributed by atoms with Crippen molar-refractivity contribution in [1.82, 2.24) is 4.98 Å². The Hall–Kier alpha value is -2.76. The summed E-state index contributed by atoms with van der Waals surface area (Å²) in [7, 11) is 1.23. The van der Waals surface area contributed by atoms with Gasteiger partial charge in [0.2, 0.25) is 0 Å². The lowest BCUT2D eigenvalue weighted by Crippen LogP contribution is -2.11. The lowest BCUT2D eigenvalue weighted by Gasteiger charge is -2.06. The number of nitrogens with zero attached hydrogens (tertiary/aromatic N) is 1. The summed E-state index contributed by atoms with van der Waals surface area (Å²) in [6.07, 6.45) is 2.70. The van der Waals surface area contributed by atoms with Gasteiger partial charge in [0.05, 0.1) is 23.9 Å². The Bertz CT molecular complexity index is 641. The molecule has 1 heterocycles. The van der Waals surface area contributed by atoms with Gasteiger partial charge in [0, 0.05) is 18.0 Å². The van der Waals surface area contributed by atoms with Gasteiger partial charge in [0.15, 0.2) is 5.78 Å². The molecule has 0 saturated heterocycles. The van der Waals surface area contributed by atoms with Gasteiger partial charge < -0.3 is 4.74 Å². The quantitative estimate of drug-likeness (QED) is 0.526. The number of hydrogen-bond acceptors (Lipinski definition) is 5. The first-order chi connectivity index (χ1) is 9.67. The van der Waals surface area contributed by atoms with Crippen LogP contribution in [0, 0.1) is 0 Å². The Kier molecular flexibility index (Phi) is 4.05. The van der Waals surface area contributed by atoms with Crippen LogP contribution in [0.3, 0.4) is 0 Å². The van der Waals surface area contributed by atoms with Gasteiger partial charge in [-0.2, -0.15) is 0 Å². The number of esters is 1. The van der Waals surface area contributed by atoms with Gasteiger partial charge in [-0.15, -0.1) is 4.48 Å². The third-order valence-corrected chi connectivity index (χ3v) is 2.73. The van der Waals surface area contributed by atoms with E-state index < -0.39 is 5.97 Å². The molecule has 102 valence electrons. The van der Waals surface area contributed by atoms with Crippen molar-refractivity contribution in [3.63, 3.8) is 0 Å². The van der Waals surface area contributed by atoms with Crippen LogP contribution in [0.25, 0.3) is 0 Å². The Balaban J connectivity index is 2.40. The van der Waals surface area contributed by atoms with Crippen LogP contribution in [0.2, 0.25) is 0 Å². The zero-order chi connectivity index (χ0) is 14.5. The van der Waals surface area contributed by atoms with Gasteiger partial charge >= 0.3 is 5.97 Å². The first-order valence-corrected chi connectivity index (χ1v) is 5.71. The first-order valence-electron chi connectivity index (χ1n) is 5.71. The number of pyridine rings is 1. The summed E-state index contributed by atoms with van der Waals surface area (Å²) in [5.41, 5.74) is 2.31. The predicted molar refractivity (Wildman–Crippen MR) is 70.2 cm³/mol. The van der Waals surface area contributed by atoms with E-state index in [1.165, 1.54) is 55.4 Å². The molecular formula is C14H11FN2O3. The minimum atomic E-state index is -0.613. The normalized spacial score (nSPS) is 9.90. The first kappa shape index (κ1) is 13.7. The smallest absolute Gasteiger partial charge is 0.338 e. The summed E-state index contributed by atoms with van der Waals surface area (Å²) in [5.74, 6) is -0.998. The SMILES string of the molecule is COC(=O)c1ccncc1C(=O)c1ccc(NF)cc1. The van der Waals surface area contributed by atoms with E-state index >= 15 is 0 Å². The Morgan fingerprint density at radius 2 is 1.85 bits per heavy atom. The number of rotatable bonds is 4. The molecule has 0 saturated carbocycles. The third-order valence-electron chi connectivity index (χ3n) is 2.73. The second-order valence-electron chi connectivity index (χ2n) is 3.91. The van der Waals surface area contributed by atoms with E-state index in [0.29, 0.717) is 5.56 Å². The molecule has 1 N–H and O–H groups in total. The molecule has 0 radical (unpaired) electrons. The second kappa shape index (κ2) is 5.92. The molecule has 0 aliphatic heterocycles. The highest BCUT2D eigenvalue weighted by Crippen LogP contribution is 2.16. The van der Waals surface area contributed by atoms with Crippen molar-refractivity contribution in [3.8, 4) is 0 Å². The highest BCUT2D eigenvalue weighted by Gasteiger charge is 2.18. The molecule has 20 heavy (non-hydrogen) atoms. The summed E-state index contributed by atoms with van der Waals surface area (Å²) < 4.78 is 16.8. The van der Waals surface area contributed by atoms with Crippen molar-refractivity contribution < 1.29 is 18.8 Å². The van der Waals surface area contributed by atoms with Crippen LogP contribution in [-0.4, -0.2) is 23.8 Å². The number of carbonyl (C=O) groups excluding carboxylic acids is 2. The fraction of sp³-hybridized carbons (Fsp3) is 0.0714.